The maximum Gasteiger partial charge on any atom is 0.341 e. The molecule has 9 heteroatoms. The Kier molecular flexibility index (Phi) is 7.40. The molecule has 1 heterocycles. The Labute approximate surface area is 228 Å². The van der Waals surface area contributed by atoms with Gasteiger partial charge in [0.05, 0.1) is 17.8 Å². The van der Waals surface area contributed by atoms with Gasteiger partial charge < -0.3 is 14.7 Å². The molecular weight excluding hydrogens is 524 g/mol. The summed E-state index contributed by atoms with van der Waals surface area (Å²) in [6.07, 6.45) is 5.39. The van der Waals surface area contributed by atoms with Gasteiger partial charge in [-0.15, -0.1) is 0 Å². The fourth-order valence-electron chi connectivity index (χ4n) is 5.71. The number of halogens is 1. The van der Waals surface area contributed by atoms with Gasteiger partial charge in [-0.25, -0.2) is 13.2 Å². The molecule has 38 heavy (non-hydrogen) atoms. The van der Waals surface area contributed by atoms with Crippen molar-refractivity contribution in [2.24, 2.45) is 5.92 Å². The molecule has 1 atom stereocenters. The van der Waals surface area contributed by atoms with Gasteiger partial charge in [0.25, 0.3) is 0 Å². The molecule has 0 amide bonds. The number of ether oxygens (including phenoxy) is 1. The number of esters is 1. The van der Waals surface area contributed by atoms with Crippen molar-refractivity contribution < 1.29 is 23.1 Å². The van der Waals surface area contributed by atoms with Crippen molar-refractivity contribution in [1.29, 1.82) is 0 Å². The van der Waals surface area contributed by atoms with Crippen LogP contribution in [0.2, 0.25) is 5.02 Å². The van der Waals surface area contributed by atoms with Gasteiger partial charge in [0.15, 0.2) is 0 Å². The number of rotatable bonds is 4. The predicted molar refractivity (Wildman–Crippen MR) is 149 cm³/mol. The van der Waals surface area contributed by atoms with Gasteiger partial charge in [0, 0.05) is 30.9 Å². The van der Waals surface area contributed by atoms with Crippen LogP contribution in [0, 0.1) is 5.92 Å². The summed E-state index contributed by atoms with van der Waals surface area (Å²) in [5.41, 5.74) is 2.31. The number of carbonyl (C=O) groups excluding carboxylic acids is 1. The maximum absolute atomic E-state index is 14.2. The number of anilines is 2. The maximum atomic E-state index is 14.2. The highest BCUT2D eigenvalue weighted by Crippen LogP contribution is 2.45. The average molecular weight is 555 g/mol. The molecule has 1 aliphatic carbocycles. The molecule has 3 aromatic rings. The van der Waals surface area contributed by atoms with Crippen LogP contribution >= 0.6 is 11.6 Å². The first-order chi connectivity index (χ1) is 18.2. The van der Waals surface area contributed by atoms with Crippen molar-refractivity contribution in [3.63, 3.8) is 0 Å². The lowest BCUT2D eigenvalue weighted by atomic mass is 9.83. The van der Waals surface area contributed by atoms with E-state index >= 15 is 0 Å². The molecule has 2 aliphatic rings. The Morgan fingerprint density at radius 2 is 1.74 bits per heavy atom. The fraction of sp³-hybridized carbons (Fsp3) is 0.345. The highest BCUT2D eigenvalue weighted by Gasteiger charge is 2.41. The lowest BCUT2D eigenvalue weighted by Gasteiger charge is -2.36. The van der Waals surface area contributed by atoms with E-state index in [4.69, 9.17) is 16.3 Å². The normalized spacial score (nSPS) is 20.0. The number of methoxy groups -OCH3 is 1. The first-order valence-corrected chi connectivity index (χ1v) is 14.6. The molecule has 200 valence electrons. The van der Waals surface area contributed by atoms with Gasteiger partial charge in [-0.3, -0.25) is 0 Å². The van der Waals surface area contributed by atoms with Crippen LogP contribution in [0.4, 0.5) is 11.4 Å². The molecule has 1 N–H and O–H groups in total. The van der Waals surface area contributed by atoms with Crippen molar-refractivity contribution in [3.8, 4) is 16.9 Å². The van der Waals surface area contributed by atoms with Crippen LogP contribution in [0.25, 0.3) is 11.1 Å². The number of hydrogen-bond acceptors (Lipinski definition) is 6. The molecule has 1 saturated carbocycles. The largest absolute Gasteiger partial charge is 0.507 e. The van der Waals surface area contributed by atoms with Crippen LogP contribution in [0.5, 0.6) is 5.75 Å². The highest BCUT2D eigenvalue weighted by molar-refractivity contribution is 7.89. The molecule has 1 fully saturated rings. The number of carbonyl (C=O) groups is 1. The second-order valence-corrected chi connectivity index (χ2v) is 12.3. The van der Waals surface area contributed by atoms with Crippen molar-refractivity contribution in [3.05, 3.63) is 71.2 Å². The van der Waals surface area contributed by atoms with Crippen molar-refractivity contribution >= 4 is 39.0 Å². The van der Waals surface area contributed by atoms with E-state index in [1.807, 2.05) is 30.3 Å². The molecule has 0 saturated heterocycles. The third-order valence-corrected chi connectivity index (χ3v) is 10.0. The van der Waals surface area contributed by atoms with Gasteiger partial charge in [-0.05, 0) is 60.7 Å². The van der Waals surface area contributed by atoms with E-state index in [9.17, 15) is 18.3 Å². The minimum absolute atomic E-state index is 0.0285. The molecule has 5 rings (SSSR count). The zero-order valence-corrected chi connectivity index (χ0v) is 23.0. The van der Waals surface area contributed by atoms with Crippen LogP contribution in [-0.4, -0.2) is 50.5 Å². The predicted octanol–water partition coefficient (Wildman–Crippen LogP) is 6.22. The van der Waals surface area contributed by atoms with E-state index in [1.54, 1.807) is 29.6 Å². The summed E-state index contributed by atoms with van der Waals surface area (Å²) in [7, 11) is -0.984. The second kappa shape index (κ2) is 10.6. The molecule has 0 unspecified atom stereocenters. The number of nitrogens with zero attached hydrogens (tertiary/aromatic N) is 2. The van der Waals surface area contributed by atoms with Crippen LogP contribution < -0.4 is 4.90 Å². The van der Waals surface area contributed by atoms with Crippen molar-refractivity contribution in [1.82, 2.24) is 4.31 Å². The number of benzene rings is 3. The molecular formula is C29H31ClN2O5S. The van der Waals surface area contributed by atoms with Crippen LogP contribution in [-0.2, 0) is 14.8 Å². The monoisotopic (exact) mass is 554 g/mol. The summed E-state index contributed by atoms with van der Waals surface area (Å²) < 4.78 is 34.7. The molecule has 0 bridgehead atoms. The van der Waals surface area contributed by atoms with E-state index in [2.05, 4.69) is 4.90 Å². The van der Waals surface area contributed by atoms with E-state index in [1.165, 1.54) is 25.7 Å². The van der Waals surface area contributed by atoms with Crippen molar-refractivity contribution in [2.75, 3.05) is 25.6 Å². The summed E-state index contributed by atoms with van der Waals surface area (Å²) in [6.45, 7) is 0.513. The minimum atomic E-state index is -3.89. The Morgan fingerprint density at radius 3 is 2.42 bits per heavy atom. The summed E-state index contributed by atoms with van der Waals surface area (Å²) in [5.74, 6) is -0.670. The van der Waals surface area contributed by atoms with Crippen molar-refractivity contribution in [2.45, 2.75) is 43.0 Å². The number of hydrogen-bond donors (Lipinski definition) is 1. The third-order valence-electron chi connectivity index (χ3n) is 7.81. The van der Waals surface area contributed by atoms with E-state index in [-0.39, 0.29) is 28.2 Å². The number of sulfonamides is 1. The van der Waals surface area contributed by atoms with E-state index in [0.29, 0.717) is 28.4 Å². The number of para-hydroxylation sites is 1. The first kappa shape index (κ1) is 26.5. The molecule has 0 radical (unpaired) electrons. The van der Waals surface area contributed by atoms with Gasteiger partial charge in [-0.1, -0.05) is 55.1 Å². The number of phenolic OH excluding ortho intramolecular Hbond substituents is 1. The number of likely N-dealkylation sites (N-methyl/N-ethyl adjacent to an activating group) is 1. The molecule has 3 aromatic carbocycles. The summed E-state index contributed by atoms with van der Waals surface area (Å²) in [5, 5.41) is 10.5. The molecule has 7 nitrogen and oxygen atoms in total. The molecule has 1 aliphatic heterocycles. The van der Waals surface area contributed by atoms with Crippen LogP contribution in [0.1, 0.15) is 42.5 Å². The van der Waals surface area contributed by atoms with Crippen LogP contribution in [0.3, 0.4) is 0 Å². The topological polar surface area (TPSA) is 87.2 Å². The fourth-order valence-corrected chi connectivity index (χ4v) is 7.58. The second-order valence-electron chi connectivity index (χ2n) is 9.96. The van der Waals surface area contributed by atoms with Crippen LogP contribution in [0.15, 0.2) is 65.6 Å². The zero-order valence-electron chi connectivity index (χ0n) is 21.4. The SMILES string of the molecule is COC(=O)c1cc(-c2cc3c(cc2Cl)N(c2ccccc2)C[C@@H](C2CCCCC2)N(C)S3(=O)=O)ccc1O. The smallest absolute Gasteiger partial charge is 0.341 e. The minimum Gasteiger partial charge on any atom is -0.507 e. The average Bonchev–Trinajstić information content (AvgIpc) is 3.01. The number of aromatic hydroxyl groups is 1. The Bertz CT molecular complexity index is 1460. The summed E-state index contributed by atoms with van der Waals surface area (Å²) >= 11 is 6.81. The number of fused-ring (bicyclic) bond motifs is 1. The van der Waals surface area contributed by atoms with Gasteiger partial charge >= 0.3 is 5.97 Å². The molecule has 0 spiro atoms. The Balaban J connectivity index is 1.70. The van der Waals surface area contributed by atoms with Gasteiger partial charge in [0.1, 0.15) is 16.2 Å². The zero-order chi connectivity index (χ0) is 27.0. The third kappa shape index (κ3) is 4.77. The van der Waals surface area contributed by atoms with Gasteiger partial charge in [0.2, 0.25) is 10.0 Å². The Morgan fingerprint density at radius 1 is 1.03 bits per heavy atom. The standard InChI is InChI=1S/C29H31ClN2O5S/c1-31-26(19-9-5-3-6-10-19)18-32(21-11-7-4-8-12-21)25-17-24(30)22(16-28(25)38(31,35)36)20-13-14-27(33)23(15-20)29(34)37-2/h4,7-8,11-17,19,26,33H,3,5-6,9-10,18H2,1-2H3/t26-/m0/s1. The summed E-state index contributed by atoms with van der Waals surface area (Å²) in [4.78, 5) is 14.4. The highest BCUT2D eigenvalue weighted by atomic mass is 35.5. The van der Waals surface area contributed by atoms with E-state index in [0.717, 1.165) is 31.4 Å². The van der Waals surface area contributed by atoms with Gasteiger partial charge in [-0.2, -0.15) is 4.31 Å². The lowest BCUT2D eigenvalue weighted by Crippen LogP contribution is -2.46. The molecule has 0 aromatic heterocycles. The quantitative estimate of drug-likeness (QED) is 0.385. The first-order valence-electron chi connectivity index (χ1n) is 12.8. The lowest BCUT2D eigenvalue weighted by molar-refractivity contribution is 0.0597. The number of phenols is 1. The Hall–Kier alpha value is -3.07. The van der Waals surface area contributed by atoms with E-state index < -0.39 is 16.0 Å². The summed E-state index contributed by atoms with van der Waals surface area (Å²) in [6, 6.07) is 17.3.